The zero-order valence-corrected chi connectivity index (χ0v) is 18.1. The van der Waals surface area contributed by atoms with Crippen LogP contribution in [0.2, 0.25) is 0 Å². The van der Waals surface area contributed by atoms with Crippen LogP contribution < -0.4 is 0 Å². The first-order valence-corrected chi connectivity index (χ1v) is 12.1. The summed E-state index contributed by atoms with van der Waals surface area (Å²) in [6.07, 6.45) is -0.254. The molecule has 1 fully saturated rings. The largest absolute Gasteiger partial charge is 0.459 e. The quantitative estimate of drug-likeness (QED) is 0.412. The number of rotatable bonds is 10. The molecule has 0 aliphatic carbocycles. The molecule has 0 spiro atoms. The van der Waals surface area contributed by atoms with Crippen LogP contribution in [0.3, 0.4) is 0 Å². The molecule has 28 heavy (non-hydrogen) atoms. The summed E-state index contributed by atoms with van der Waals surface area (Å²) in [4.78, 5) is 23.5. The van der Waals surface area contributed by atoms with Crippen molar-refractivity contribution in [1.82, 2.24) is 0 Å². The standard InChI is InChI=1S/C19H27O7PS/c1-4-23-27(28,24-5-2)13-16-11-18(25-14(3)20)26-17(16)12-22-19(21)15-9-7-6-8-10-15/h6-10,16-18H,4-5,11-13H2,1-3H3/t16-,17-,18-/m1/s1. The molecule has 0 aromatic heterocycles. The maximum Gasteiger partial charge on any atom is 0.338 e. The third-order valence-corrected chi connectivity index (χ3v) is 7.44. The Hall–Kier alpha value is -1.31. The minimum absolute atomic E-state index is 0.0315. The average Bonchev–Trinajstić information content (AvgIpc) is 3.00. The Balaban J connectivity index is 2.05. The van der Waals surface area contributed by atoms with Gasteiger partial charge in [-0.1, -0.05) is 18.2 Å². The molecule has 2 rings (SSSR count). The third-order valence-electron chi connectivity index (χ3n) is 4.14. The summed E-state index contributed by atoms with van der Waals surface area (Å²) in [7, 11) is 0. The van der Waals surface area contributed by atoms with Gasteiger partial charge in [0.15, 0.2) is 6.49 Å². The van der Waals surface area contributed by atoms with E-state index in [1.165, 1.54) is 6.92 Å². The molecule has 7 nitrogen and oxygen atoms in total. The Kier molecular flexibility index (Phi) is 9.05. The van der Waals surface area contributed by atoms with Crippen molar-refractivity contribution >= 4 is 30.2 Å². The molecule has 3 atom stereocenters. The number of esters is 2. The van der Waals surface area contributed by atoms with Crippen LogP contribution >= 0.6 is 6.49 Å². The fourth-order valence-corrected chi connectivity index (χ4v) is 6.27. The van der Waals surface area contributed by atoms with Crippen molar-refractivity contribution in [2.24, 2.45) is 5.92 Å². The van der Waals surface area contributed by atoms with E-state index in [-0.39, 0.29) is 12.5 Å². The van der Waals surface area contributed by atoms with Crippen LogP contribution in [0.15, 0.2) is 30.3 Å². The fraction of sp³-hybridized carbons (Fsp3) is 0.579. The number of hydrogen-bond donors (Lipinski definition) is 0. The molecule has 1 heterocycles. The van der Waals surface area contributed by atoms with Crippen LogP contribution in [0, 0.1) is 5.92 Å². The molecule has 156 valence electrons. The molecule has 0 bridgehead atoms. The molecule has 0 unspecified atom stereocenters. The topological polar surface area (TPSA) is 80.3 Å². The summed E-state index contributed by atoms with van der Waals surface area (Å²) in [6, 6.07) is 8.72. The van der Waals surface area contributed by atoms with Crippen LogP contribution in [0.5, 0.6) is 0 Å². The molecular formula is C19H27O7PS. The van der Waals surface area contributed by atoms with Gasteiger partial charge in [-0.2, -0.15) is 0 Å². The van der Waals surface area contributed by atoms with E-state index in [1.54, 1.807) is 24.3 Å². The Bertz CT molecular complexity index is 687. The third kappa shape index (κ3) is 6.94. The van der Waals surface area contributed by atoms with Gasteiger partial charge in [0.25, 0.3) is 0 Å². The van der Waals surface area contributed by atoms with E-state index in [0.29, 0.717) is 31.4 Å². The Morgan fingerprint density at radius 3 is 2.39 bits per heavy atom. The molecule has 0 amide bonds. The van der Waals surface area contributed by atoms with E-state index in [2.05, 4.69) is 0 Å². The van der Waals surface area contributed by atoms with Crippen molar-refractivity contribution in [3.8, 4) is 0 Å². The normalized spacial score (nSPS) is 22.0. The number of benzene rings is 1. The molecule has 9 heteroatoms. The highest BCUT2D eigenvalue weighted by Crippen LogP contribution is 2.52. The molecular weight excluding hydrogens is 403 g/mol. The highest BCUT2D eigenvalue weighted by molar-refractivity contribution is 8.09. The summed E-state index contributed by atoms with van der Waals surface area (Å²) in [5.41, 5.74) is 0.460. The zero-order chi connectivity index (χ0) is 20.6. The van der Waals surface area contributed by atoms with E-state index in [0.717, 1.165) is 0 Å². The first-order valence-electron chi connectivity index (χ1n) is 9.29. The summed E-state index contributed by atoms with van der Waals surface area (Å²) in [6.45, 7) is 3.49. The van der Waals surface area contributed by atoms with E-state index >= 15 is 0 Å². The lowest BCUT2D eigenvalue weighted by Gasteiger charge is -2.26. The van der Waals surface area contributed by atoms with Gasteiger partial charge in [0.2, 0.25) is 6.29 Å². The SMILES string of the molecule is CCOP(=S)(C[C@H]1C[C@H](OC(C)=O)O[C@@H]1COC(=O)c1ccccc1)OCC. The number of ether oxygens (including phenoxy) is 3. The van der Waals surface area contributed by atoms with Crippen LogP contribution in [0.1, 0.15) is 37.6 Å². The van der Waals surface area contributed by atoms with Gasteiger partial charge in [-0.25, -0.2) is 4.79 Å². The molecule has 1 saturated heterocycles. The molecule has 0 saturated carbocycles. The molecule has 1 aliphatic heterocycles. The van der Waals surface area contributed by atoms with Gasteiger partial charge in [-0.05, 0) is 37.8 Å². The maximum atomic E-state index is 12.2. The van der Waals surface area contributed by atoms with Gasteiger partial charge in [0.05, 0.1) is 24.9 Å². The second kappa shape index (κ2) is 11.0. The highest BCUT2D eigenvalue weighted by atomic mass is 32.5. The molecule has 0 N–H and O–H groups in total. The van der Waals surface area contributed by atoms with Gasteiger partial charge >= 0.3 is 11.9 Å². The fourth-order valence-electron chi connectivity index (χ4n) is 3.03. The lowest BCUT2D eigenvalue weighted by Crippen LogP contribution is -2.27. The second-order valence-electron chi connectivity index (χ2n) is 6.30. The predicted molar refractivity (Wildman–Crippen MR) is 108 cm³/mol. The van der Waals surface area contributed by atoms with Crippen molar-refractivity contribution in [1.29, 1.82) is 0 Å². The van der Waals surface area contributed by atoms with E-state index < -0.39 is 30.8 Å². The zero-order valence-electron chi connectivity index (χ0n) is 16.4. The molecule has 1 aliphatic rings. The summed E-state index contributed by atoms with van der Waals surface area (Å²) in [5, 5.41) is 0. The predicted octanol–water partition coefficient (Wildman–Crippen LogP) is 3.52. The summed E-state index contributed by atoms with van der Waals surface area (Å²) < 4.78 is 27.9. The second-order valence-corrected chi connectivity index (χ2v) is 10.1. The van der Waals surface area contributed by atoms with Crippen molar-refractivity contribution < 1.29 is 32.8 Å². The lowest BCUT2D eigenvalue weighted by molar-refractivity contribution is -0.175. The monoisotopic (exact) mass is 430 g/mol. The summed E-state index contributed by atoms with van der Waals surface area (Å²) in [5.74, 6) is -0.982. The van der Waals surface area contributed by atoms with E-state index in [9.17, 15) is 9.59 Å². The van der Waals surface area contributed by atoms with Crippen molar-refractivity contribution in [3.05, 3.63) is 35.9 Å². The van der Waals surface area contributed by atoms with Crippen molar-refractivity contribution in [3.63, 3.8) is 0 Å². The smallest absolute Gasteiger partial charge is 0.338 e. The Morgan fingerprint density at radius 1 is 1.18 bits per heavy atom. The van der Waals surface area contributed by atoms with Crippen LogP contribution in [-0.2, 0) is 39.9 Å². The molecule has 1 aromatic rings. The minimum Gasteiger partial charge on any atom is -0.459 e. The van der Waals surface area contributed by atoms with Crippen LogP contribution in [0.25, 0.3) is 0 Å². The van der Waals surface area contributed by atoms with Gasteiger partial charge in [0, 0.05) is 25.4 Å². The Morgan fingerprint density at radius 2 is 1.82 bits per heavy atom. The minimum atomic E-state index is -2.50. The molecule has 1 aromatic carbocycles. The number of hydrogen-bond acceptors (Lipinski definition) is 8. The lowest BCUT2D eigenvalue weighted by atomic mass is 10.0. The van der Waals surface area contributed by atoms with Gasteiger partial charge < -0.3 is 23.3 Å². The van der Waals surface area contributed by atoms with Gasteiger partial charge in [0.1, 0.15) is 6.61 Å². The Labute approximate surface area is 170 Å². The van der Waals surface area contributed by atoms with E-state index in [4.69, 9.17) is 35.1 Å². The highest BCUT2D eigenvalue weighted by Gasteiger charge is 2.41. The number of carbonyl (C=O) groups excluding carboxylic acids is 2. The number of carbonyl (C=O) groups is 2. The summed E-state index contributed by atoms with van der Waals surface area (Å²) >= 11 is 5.62. The van der Waals surface area contributed by atoms with E-state index in [1.807, 2.05) is 19.9 Å². The average molecular weight is 430 g/mol. The van der Waals surface area contributed by atoms with Gasteiger partial charge in [-0.15, -0.1) is 0 Å². The molecule has 0 radical (unpaired) electrons. The first kappa shape index (κ1) is 23.0. The van der Waals surface area contributed by atoms with Gasteiger partial charge in [-0.3, -0.25) is 4.79 Å². The van der Waals surface area contributed by atoms with Crippen LogP contribution in [0.4, 0.5) is 0 Å². The van der Waals surface area contributed by atoms with Crippen molar-refractivity contribution in [2.45, 2.75) is 39.6 Å². The maximum absolute atomic E-state index is 12.2. The first-order chi connectivity index (χ1) is 13.4. The van der Waals surface area contributed by atoms with Crippen LogP contribution in [-0.4, -0.2) is 50.3 Å². The van der Waals surface area contributed by atoms with Crippen molar-refractivity contribution in [2.75, 3.05) is 26.0 Å².